The number of amides is 2. The van der Waals surface area contributed by atoms with Gasteiger partial charge in [-0.3, -0.25) is 9.59 Å². The number of primary amides is 1. The maximum absolute atomic E-state index is 11.5. The van der Waals surface area contributed by atoms with Gasteiger partial charge in [0.15, 0.2) is 0 Å². The van der Waals surface area contributed by atoms with Gasteiger partial charge in [-0.15, -0.1) is 11.3 Å². The Hall–Kier alpha value is -1.36. The van der Waals surface area contributed by atoms with Gasteiger partial charge in [-0.2, -0.15) is 0 Å². The molecule has 0 aliphatic heterocycles. The number of hydrogen-bond acceptors (Lipinski definition) is 3. The van der Waals surface area contributed by atoms with Crippen LogP contribution in [0.5, 0.6) is 0 Å². The van der Waals surface area contributed by atoms with E-state index in [0.717, 1.165) is 5.56 Å². The fourth-order valence-corrected chi connectivity index (χ4v) is 1.77. The van der Waals surface area contributed by atoms with Crippen LogP contribution in [0.3, 0.4) is 0 Å². The first kappa shape index (κ1) is 10.7. The molecule has 0 aliphatic rings. The summed E-state index contributed by atoms with van der Waals surface area (Å²) in [5.41, 5.74) is 5.93. The molecule has 1 aromatic heterocycles. The van der Waals surface area contributed by atoms with Crippen LogP contribution in [0.1, 0.15) is 22.2 Å². The molecule has 1 aromatic rings. The minimum atomic E-state index is -0.635. The van der Waals surface area contributed by atoms with Crippen molar-refractivity contribution in [1.82, 2.24) is 5.32 Å². The Morgan fingerprint density at radius 3 is 2.64 bits per heavy atom. The van der Waals surface area contributed by atoms with E-state index in [9.17, 15) is 9.59 Å². The lowest BCUT2D eigenvalue weighted by Crippen LogP contribution is -2.42. The molecule has 1 heterocycles. The van der Waals surface area contributed by atoms with Gasteiger partial charge < -0.3 is 11.1 Å². The van der Waals surface area contributed by atoms with E-state index in [-0.39, 0.29) is 5.91 Å². The normalized spacial score (nSPS) is 12.1. The van der Waals surface area contributed by atoms with Gasteiger partial charge in [0.05, 0.1) is 4.88 Å². The zero-order chi connectivity index (χ0) is 10.7. The number of nitrogens with two attached hydrogens (primary N) is 1. The third kappa shape index (κ3) is 2.32. The molecule has 0 saturated carbocycles. The van der Waals surface area contributed by atoms with Crippen molar-refractivity contribution in [2.24, 2.45) is 5.73 Å². The molecular weight excluding hydrogens is 200 g/mol. The molecule has 2 amide bonds. The van der Waals surface area contributed by atoms with Gasteiger partial charge in [-0.1, -0.05) is 0 Å². The molecule has 76 valence electrons. The molecule has 5 heteroatoms. The lowest BCUT2D eigenvalue weighted by atomic mass is 10.2. The first-order valence-electron chi connectivity index (χ1n) is 4.16. The molecule has 4 nitrogen and oxygen atoms in total. The van der Waals surface area contributed by atoms with Crippen LogP contribution in [0.2, 0.25) is 0 Å². The smallest absolute Gasteiger partial charge is 0.262 e. The first-order chi connectivity index (χ1) is 6.52. The van der Waals surface area contributed by atoms with Crippen LogP contribution in [0, 0.1) is 6.92 Å². The Kier molecular flexibility index (Phi) is 3.24. The van der Waals surface area contributed by atoms with Crippen molar-refractivity contribution in [3.05, 3.63) is 21.9 Å². The molecule has 1 unspecified atom stereocenters. The minimum absolute atomic E-state index is 0.246. The average Bonchev–Trinajstić information content (AvgIpc) is 2.51. The van der Waals surface area contributed by atoms with Crippen LogP contribution in [-0.2, 0) is 4.79 Å². The highest BCUT2D eigenvalue weighted by molar-refractivity contribution is 7.12. The SMILES string of the molecule is Cc1ccsc1C(=O)NC(C)C(N)=O. The van der Waals surface area contributed by atoms with Gasteiger partial charge in [-0.25, -0.2) is 0 Å². The Labute approximate surface area is 86.1 Å². The highest BCUT2D eigenvalue weighted by atomic mass is 32.1. The van der Waals surface area contributed by atoms with Gasteiger partial charge in [0.1, 0.15) is 6.04 Å². The van der Waals surface area contributed by atoms with Crippen LogP contribution in [0.25, 0.3) is 0 Å². The van der Waals surface area contributed by atoms with E-state index in [0.29, 0.717) is 4.88 Å². The van der Waals surface area contributed by atoms with Crippen molar-refractivity contribution in [3.63, 3.8) is 0 Å². The summed E-state index contributed by atoms with van der Waals surface area (Å²) in [6, 6.07) is 1.22. The first-order valence-corrected chi connectivity index (χ1v) is 5.04. The molecule has 14 heavy (non-hydrogen) atoms. The third-order valence-electron chi connectivity index (χ3n) is 1.84. The van der Waals surface area contributed by atoms with Gasteiger partial charge in [0.25, 0.3) is 5.91 Å². The molecule has 0 aliphatic carbocycles. The maximum Gasteiger partial charge on any atom is 0.262 e. The summed E-state index contributed by atoms with van der Waals surface area (Å²) in [5, 5.41) is 4.35. The van der Waals surface area contributed by atoms with Crippen molar-refractivity contribution >= 4 is 23.2 Å². The standard InChI is InChI=1S/C9H12N2O2S/c1-5-3-4-14-7(5)9(13)11-6(2)8(10)12/h3-4,6H,1-2H3,(H2,10,12)(H,11,13). The fraction of sp³-hybridized carbons (Fsp3) is 0.333. The summed E-state index contributed by atoms with van der Waals surface area (Å²) in [7, 11) is 0. The van der Waals surface area contributed by atoms with Gasteiger partial charge >= 0.3 is 0 Å². The highest BCUT2D eigenvalue weighted by Gasteiger charge is 2.15. The number of carbonyl (C=O) groups excluding carboxylic acids is 2. The largest absolute Gasteiger partial charge is 0.368 e. The van der Waals surface area contributed by atoms with E-state index < -0.39 is 11.9 Å². The monoisotopic (exact) mass is 212 g/mol. The van der Waals surface area contributed by atoms with Crippen molar-refractivity contribution in [1.29, 1.82) is 0 Å². The number of nitrogens with one attached hydrogen (secondary N) is 1. The second kappa shape index (κ2) is 4.23. The predicted molar refractivity (Wildman–Crippen MR) is 55.2 cm³/mol. The van der Waals surface area contributed by atoms with E-state index in [1.54, 1.807) is 6.92 Å². The Morgan fingerprint density at radius 2 is 2.21 bits per heavy atom. The van der Waals surface area contributed by atoms with E-state index in [2.05, 4.69) is 5.32 Å². The number of aryl methyl sites for hydroxylation is 1. The van der Waals surface area contributed by atoms with Crippen molar-refractivity contribution < 1.29 is 9.59 Å². The number of rotatable bonds is 3. The van der Waals surface area contributed by atoms with E-state index in [1.165, 1.54) is 11.3 Å². The summed E-state index contributed by atoms with van der Waals surface area (Å²) >= 11 is 1.35. The Balaban J connectivity index is 2.69. The van der Waals surface area contributed by atoms with E-state index in [1.807, 2.05) is 18.4 Å². The lowest BCUT2D eigenvalue weighted by Gasteiger charge is -2.09. The summed E-state index contributed by atoms with van der Waals surface area (Å²) in [6.07, 6.45) is 0. The second-order valence-corrected chi connectivity index (χ2v) is 3.95. The van der Waals surface area contributed by atoms with Crippen LogP contribution in [-0.4, -0.2) is 17.9 Å². The summed E-state index contributed by atoms with van der Waals surface area (Å²) < 4.78 is 0. The predicted octanol–water partition coefficient (Wildman–Crippen LogP) is 0.660. The second-order valence-electron chi connectivity index (χ2n) is 3.03. The van der Waals surface area contributed by atoms with E-state index >= 15 is 0 Å². The summed E-state index contributed by atoms with van der Waals surface area (Å²) in [5.74, 6) is -0.781. The van der Waals surface area contributed by atoms with Crippen molar-refractivity contribution in [3.8, 4) is 0 Å². The topological polar surface area (TPSA) is 72.2 Å². The minimum Gasteiger partial charge on any atom is -0.368 e. The van der Waals surface area contributed by atoms with Crippen molar-refractivity contribution in [2.75, 3.05) is 0 Å². The quantitative estimate of drug-likeness (QED) is 0.772. The lowest BCUT2D eigenvalue weighted by molar-refractivity contribution is -0.119. The van der Waals surface area contributed by atoms with Crippen LogP contribution in [0.4, 0.5) is 0 Å². The molecule has 0 bridgehead atoms. The van der Waals surface area contributed by atoms with Gasteiger partial charge in [-0.05, 0) is 30.9 Å². The zero-order valence-corrected chi connectivity index (χ0v) is 8.85. The molecule has 1 atom stereocenters. The fourth-order valence-electron chi connectivity index (χ4n) is 0.939. The average molecular weight is 212 g/mol. The molecule has 1 rings (SSSR count). The van der Waals surface area contributed by atoms with Gasteiger partial charge in [0.2, 0.25) is 5.91 Å². The number of hydrogen-bond donors (Lipinski definition) is 2. The molecule has 0 spiro atoms. The van der Waals surface area contributed by atoms with Crippen LogP contribution >= 0.6 is 11.3 Å². The maximum atomic E-state index is 11.5. The van der Waals surface area contributed by atoms with Crippen LogP contribution < -0.4 is 11.1 Å². The van der Waals surface area contributed by atoms with Gasteiger partial charge in [0, 0.05) is 0 Å². The zero-order valence-electron chi connectivity index (χ0n) is 8.03. The molecule has 0 radical (unpaired) electrons. The molecule has 0 aromatic carbocycles. The number of carbonyl (C=O) groups is 2. The molecule has 3 N–H and O–H groups in total. The third-order valence-corrected chi connectivity index (χ3v) is 2.86. The highest BCUT2D eigenvalue weighted by Crippen LogP contribution is 2.15. The molecular formula is C9H12N2O2S. The Bertz CT molecular complexity index is 359. The Morgan fingerprint density at radius 1 is 1.57 bits per heavy atom. The molecule has 0 fully saturated rings. The van der Waals surface area contributed by atoms with E-state index in [4.69, 9.17) is 5.73 Å². The molecule has 0 saturated heterocycles. The summed E-state index contributed by atoms with van der Waals surface area (Å²) in [4.78, 5) is 22.9. The summed E-state index contributed by atoms with van der Waals surface area (Å²) in [6.45, 7) is 3.41. The number of thiophene rings is 1. The van der Waals surface area contributed by atoms with Crippen molar-refractivity contribution in [2.45, 2.75) is 19.9 Å². The van der Waals surface area contributed by atoms with Crippen LogP contribution in [0.15, 0.2) is 11.4 Å².